The van der Waals surface area contributed by atoms with E-state index in [4.69, 9.17) is 9.84 Å². The smallest absolute Gasteiger partial charge is 0.317 e. The number of hydrogen-bond donors (Lipinski definition) is 2. The molecule has 2 rings (SSSR count). The molecule has 2 N–H and O–H groups in total. The Bertz CT molecular complexity index is 704. The number of nitrogens with zero attached hydrogens (tertiary/aromatic N) is 1. The third-order valence-electron chi connectivity index (χ3n) is 3.59. The van der Waals surface area contributed by atoms with Crippen LogP contribution in [0.3, 0.4) is 0 Å². The first kappa shape index (κ1) is 18.3. The van der Waals surface area contributed by atoms with Gasteiger partial charge in [-0.25, -0.2) is 4.79 Å². The van der Waals surface area contributed by atoms with Crippen LogP contribution in [0.5, 0.6) is 5.75 Å². The van der Waals surface area contributed by atoms with Crippen molar-refractivity contribution in [1.29, 1.82) is 0 Å². The Hall–Kier alpha value is -3.02. The number of para-hydroxylation sites is 1. The molecular weight excluding hydrogens is 320 g/mol. The molecule has 0 radical (unpaired) electrons. The number of urea groups is 1. The molecule has 0 aromatic heterocycles. The van der Waals surface area contributed by atoms with Crippen molar-refractivity contribution in [3.8, 4) is 5.75 Å². The number of carboxylic acid groups (broad SMARTS) is 1. The van der Waals surface area contributed by atoms with Crippen LogP contribution in [0.4, 0.5) is 4.79 Å². The molecule has 2 aromatic rings. The second-order valence-electron chi connectivity index (χ2n) is 5.65. The highest BCUT2D eigenvalue weighted by Crippen LogP contribution is 2.12. The Morgan fingerprint density at radius 3 is 2.52 bits per heavy atom. The molecule has 6 nitrogen and oxygen atoms in total. The molecule has 25 heavy (non-hydrogen) atoms. The number of amides is 2. The lowest BCUT2D eigenvalue weighted by molar-refractivity contribution is -0.137. The fraction of sp³-hybridized carbons (Fsp3) is 0.263. The lowest BCUT2D eigenvalue weighted by Crippen LogP contribution is -2.38. The number of carbonyl (C=O) groups is 2. The van der Waals surface area contributed by atoms with Crippen LogP contribution < -0.4 is 10.1 Å². The number of nitrogens with one attached hydrogen (secondary N) is 1. The van der Waals surface area contributed by atoms with E-state index in [9.17, 15) is 9.59 Å². The van der Waals surface area contributed by atoms with Gasteiger partial charge in [-0.05, 0) is 23.3 Å². The summed E-state index contributed by atoms with van der Waals surface area (Å²) in [5.41, 5.74) is 1.96. The molecule has 0 aliphatic carbocycles. The molecule has 132 valence electrons. The molecule has 6 heteroatoms. The molecule has 0 fully saturated rings. The molecule has 2 amide bonds. The molecule has 0 saturated carbocycles. The Labute approximate surface area is 147 Å². The molecule has 0 spiro atoms. The van der Waals surface area contributed by atoms with Crippen molar-refractivity contribution in [1.82, 2.24) is 10.2 Å². The predicted molar refractivity (Wildman–Crippen MR) is 94.3 cm³/mol. The van der Waals surface area contributed by atoms with Crippen molar-refractivity contribution < 1.29 is 19.4 Å². The van der Waals surface area contributed by atoms with Crippen molar-refractivity contribution in [2.75, 3.05) is 13.6 Å². The minimum Gasteiger partial charge on any atom is -0.489 e. The zero-order chi connectivity index (χ0) is 18.1. The highest BCUT2D eigenvalue weighted by Gasteiger charge is 2.09. The van der Waals surface area contributed by atoms with E-state index >= 15 is 0 Å². The zero-order valence-corrected chi connectivity index (χ0v) is 14.1. The van der Waals surface area contributed by atoms with Gasteiger partial charge >= 0.3 is 12.0 Å². The van der Waals surface area contributed by atoms with E-state index in [1.54, 1.807) is 7.05 Å². The summed E-state index contributed by atoms with van der Waals surface area (Å²) in [4.78, 5) is 23.8. The van der Waals surface area contributed by atoms with Crippen LogP contribution in [0.25, 0.3) is 0 Å². The largest absolute Gasteiger partial charge is 0.489 e. The maximum absolute atomic E-state index is 11.9. The third kappa shape index (κ3) is 6.55. The van der Waals surface area contributed by atoms with Crippen LogP contribution in [0.1, 0.15) is 17.5 Å². The van der Waals surface area contributed by atoms with Gasteiger partial charge in [-0.15, -0.1) is 0 Å². The van der Waals surface area contributed by atoms with Crippen molar-refractivity contribution in [3.05, 3.63) is 65.7 Å². The monoisotopic (exact) mass is 342 g/mol. The van der Waals surface area contributed by atoms with E-state index in [0.717, 1.165) is 16.9 Å². The van der Waals surface area contributed by atoms with Gasteiger partial charge in [-0.2, -0.15) is 0 Å². The number of hydrogen-bond acceptors (Lipinski definition) is 3. The molecule has 0 aliphatic rings. The SMILES string of the molecule is CN(CCC(=O)O)C(=O)NCc1cccc(COc2ccccc2)c1. The predicted octanol–water partition coefficient (Wildman–Crippen LogP) is 2.88. The lowest BCUT2D eigenvalue weighted by Gasteiger charge is -2.17. The van der Waals surface area contributed by atoms with E-state index < -0.39 is 5.97 Å². The summed E-state index contributed by atoms with van der Waals surface area (Å²) in [6.07, 6.45) is -0.0732. The Balaban J connectivity index is 1.82. The third-order valence-corrected chi connectivity index (χ3v) is 3.59. The molecule has 0 saturated heterocycles. The summed E-state index contributed by atoms with van der Waals surface area (Å²) in [6, 6.07) is 17.0. The van der Waals surface area contributed by atoms with Gasteiger partial charge in [0.1, 0.15) is 12.4 Å². The summed E-state index contributed by atoms with van der Waals surface area (Å²) in [5, 5.41) is 11.4. The molecule has 2 aromatic carbocycles. The fourth-order valence-corrected chi connectivity index (χ4v) is 2.19. The normalized spacial score (nSPS) is 10.1. The van der Waals surface area contributed by atoms with Gasteiger partial charge in [0.2, 0.25) is 0 Å². The van der Waals surface area contributed by atoms with E-state index in [2.05, 4.69) is 5.32 Å². The number of ether oxygens (including phenoxy) is 1. The average molecular weight is 342 g/mol. The Kier molecular flexibility index (Phi) is 6.83. The number of benzene rings is 2. The van der Waals surface area contributed by atoms with Crippen molar-refractivity contribution in [2.45, 2.75) is 19.6 Å². The van der Waals surface area contributed by atoms with Gasteiger partial charge in [0.15, 0.2) is 0 Å². The van der Waals surface area contributed by atoms with E-state index in [0.29, 0.717) is 13.2 Å². The van der Waals surface area contributed by atoms with E-state index in [1.807, 2.05) is 54.6 Å². The lowest BCUT2D eigenvalue weighted by atomic mass is 10.1. The van der Waals surface area contributed by atoms with Crippen molar-refractivity contribution >= 4 is 12.0 Å². The standard InChI is InChI=1S/C19H22N2O4/c1-21(11-10-18(22)23)19(24)20-13-15-6-5-7-16(12-15)14-25-17-8-3-2-4-9-17/h2-9,12H,10-11,13-14H2,1H3,(H,20,24)(H,22,23). The number of aliphatic carboxylic acids is 1. The maximum Gasteiger partial charge on any atom is 0.317 e. The van der Waals surface area contributed by atoms with E-state index in [1.165, 1.54) is 4.90 Å². The highest BCUT2D eigenvalue weighted by atomic mass is 16.5. The van der Waals surface area contributed by atoms with Gasteiger partial charge in [0.05, 0.1) is 6.42 Å². The minimum absolute atomic E-state index is 0.0732. The van der Waals surface area contributed by atoms with Crippen LogP contribution in [0, 0.1) is 0 Å². The van der Waals surface area contributed by atoms with Crippen LogP contribution >= 0.6 is 0 Å². The molecular formula is C19H22N2O4. The van der Waals surface area contributed by atoms with Gasteiger partial charge in [-0.3, -0.25) is 4.79 Å². The number of rotatable bonds is 8. The number of carbonyl (C=O) groups excluding carboxylic acids is 1. The van der Waals surface area contributed by atoms with Crippen molar-refractivity contribution in [2.24, 2.45) is 0 Å². The molecule has 0 bridgehead atoms. The second-order valence-corrected chi connectivity index (χ2v) is 5.65. The van der Waals surface area contributed by atoms with Crippen molar-refractivity contribution in [3.63, 3.8) is 0 Å². The summed E-state index contributed by atoms with van der Waals surface area (Å²) in [5.74, 6) is -0.118. The van der Waals surface area contributed by atoms with Crippen LogP contribution in [0.15, 0.2) is 54.6 Å². The Morgan fingerprint density at radius 2 is 1.80 bits per heavy atom. The van der Waals surface area contributed by atoms with Crippen LogP contribution in [-0.2, 0) is 17.9 Å². The quantitative estimate of drug-likeness (QED) is 0.773. The van der Waals surface area contributed by atoms with Gasteiger partial charge in [-0.1, -0.05) is 42.5 Å². The average Bonchev–Trinajstić information content (AvgIpc) is 2.63. The van der Waals surface area contributed by atoms with Gasteiger partial charge < -0.3 is 20.1 Å². The van der Waals surface area contributed by atoms with Crippen LogP contribution in [0.2, 0.25) is 0 Å². The molecule has 0 heterocycles. The summed E-state index contributed by atoms with van der Waals surface area (Å²) in [7, 11) is 1.57. The van der Waals surface area contributed by atoms with Gasteiger partial charge in [0, 0.05) is 20.1 Å². The van der Waals surface area contributed by atoms with E-state index in [-0.39, 0.29) is 19.0 Å². The summed E-state index contributed by atoms with van der Waals surface area (Å²) < 4.78 is 5.71. The zero-order valence-electron chi connectivity index (χ0n) is 14.1. The summed E-state index contributed by atoms with van der Waals surface area (Å²) >= 11 is 0. The fourth-order valence-electron chi connectivity index (χ4n) is 2.19. The van der Waals surface area contributed by atoms with Crippen LogP contribution in [-0.4, -0.2) is 35.6 Å². The summed E-state index contributed by atoms with van der Waals surface area (Å²) in [6.45, 7) is 0.992. The molecule has 0 atom stereocenters. The molecule has 0 unspecified atom stereocenters. The number of carboxylic acids is 1. The first-order valence-electron chi connectivity index (χ1n) is 8.01. The highest BCUT2D eigenvalue weighted by molar-refractivity contribution is 5.75. The minimum atomic E-state index is -0.925. The molecule has 0 aliphatic heterocycles. The first-order valence-corrected chi connectivity index (χ1v) is 8.01. The maximum atomic E-state index is 11.9. The second kappa shape index (κ2) is 9.32. The topological polar surface area (TPSA) is 78.9 Å². The first-order chi connectivity index (χ1) is 12.0. The Morgan fingerprint density at radius 1 is 1.08 bits per heavy atom. The van der Waals surface area contributed by atoms with Gasteiger partial charge in [0.25, 0.3) is 0 Å².